The van der Waals surface area contributed by atoms with Crippen LogP contribution in [0.2, 0.25) is 0 Å². The molecule has 0 amide bonds. The van der Waals surface area contributed by atoms with Crippen molar-refractivity contribution >= 4 is 28.9 Å². The molecule has 0 saturated heterocycles. The van der Waals surface area contributed by atoms with Crippen LogP contribution in [-0.4, -0.2) is 27.9 Å². The smallest absolute Gasteiger partial charge is 0.222 e. The Morgan fingerprint density at radius 2 is 2.20 bits per heavy atom. The third-order valence-electron chi connectivity index (χ3n) is 1.59. The highest BCUT2D eigenvalue weighted by atomic mass is 32.2. The molecule has 1 aromatic heterocycles. The van der Waals surface area contributed by atoms with Crippen LogP contribution in [0.3, 0.4) is 0 Å². The Hall–Kier alpha value is -1.36. The monoisotopic (exact) mass is 223 g/mol. The minimum absolute atomic E-state index is 0.126. The molecule has 0 aliphatic heterocycles. The largest absolute Gasteiger partial charge is 0.357 e. The molecular formula is C10H13N3OS. The molecule has 15 heavy (non-hydrogen) atoms. The summed E-state index contributed by atoms with van der Waals surface area (Å²) in [5.74, 6) is 1.29. The van der Waals surface area contributed by atoms with Crippen molar-refractivity contribution in [2.24, 2.45) is 0 Å². The van der Waals surface area contributed by atoms with Crippen LogP contribution in [0.15, 0.2) is 18.5 Å². The van der Waals surface area contributed by atoms with Crippen LogP contribution in [-0.2, 0) is 4.79 Å². The van der Waals surface area contributed by atoms with Gasteiger partial charge in [0.05, 0.1) is 0 Å². The Kier molecular flexibility index (Phi) is 4.83. The average Bonchev–Trinajstić information content (AvgIpc) is 2.25. The molecule has 0 spiro atoms. The van der Waals surface area contributed by atoms with E-state index in [-0.39, 0.29) is 5.12 Å². The SMILES string of the molecule is CNc1ncc(C=CCSC(C)=O)cn1. The summed E-state index contributed by atoms with van der Waals surface area (Å²) in [6.45, 7) is 1.56. The van der Waals surface area contributed by atoms with E-state index in [1.807, 2.05) is 12.2 Å². The summed E-state index contributed by atoms with van der Waals surface area (Å²) in [7, 11) is 1.77. The first-order valence-corrected chi connectivity index (χ1v) is 5.50. The van der Waals surface area contributed by atoms with Gasteiger partial charge in [-0.25, -0.2) is 9.97 Å². The molecule has 0 radical (unpaired) electrons. The fourth-order valence-electron chi connectivity index (χ4n) is 0.903. The fourth-order valence-corrected chi connectivity index (χ4v) is 1.33. The number of hydrogen-bond acceptors (Lipinski definition) is 5. The lowest BCUT2D eigenvalue weighted by molar-refractivity contribution is -0.109. The number of rotatable bonds is 4. The van der Waals surface area contributed by atoms with Gasteiger partial charge in [-0.3, -0.25) is 4.79 Å². The van der Waals surface area contributed by atoms with Gasteiger partial charge in [-0.05, 0) is 0 Å². The van der Waals surface area contributed by atoms with E-state index in [0.717, 1.165) is 5.56 Å². The number of anilines is 1. The van der Waals surface area contributed by atoms with Gasteiger partial charge in [0.25, 0.3) is 0 Å². The third kappa shape index (κ3) is 4.60. The molecule has 0 saturated carbocycles. The summed E-state index contributed by atoms with van der Waals surface area (Å²) in [6.07, 6.45) is 7.28. The molecule has 0 atom stereocenters. The van der Waals surface area contributed by atoms with Crippen LogP contribution in [0.4, 0.5) is 5.95 Å². The molecule has 0 bridgehead atoms. The number of nitrogens with zero attached hydrogens (tertiary/aromatic N) is 2. The highest BCUT2D eigenvalue weighted by molar-refractivity contribution is 8.13. The molecule has 0 unspecified atom stereocenters. The Bertz CT molecular complexity index is 348. The summed E-state index contributed by atoms with van der Waals surface area (Å²) in [6, 6.07) is 0. The first kappa shape index (κ1) is 11.7. The quantitative estimate of drug-likeness (QED) is 0.843. The topological polar surface area (TPSA) is 54.9 Å². The zero-order valence-electron chi connectivity index (χ0n) is 8.73. The Morgan fingerprint density at radius 1 is 1.53 bits per heavy atom. The summed E-state index contributed by atoms with van der Waals surface area (Å²) in [4.78, 5) is 18.8. The van der Waals surface area contributed by atoms with E-state index >= 15 is 0 Å². The van der Waals surface area contributed by atoms with Crippen molar-refractivity contribution in [1.29, 1.82) is 0 Å². The van der Waals surface area contributed by atoms with Gasteiger partial charge in [0, 0.05) is 37.7 Å². The second kappa shape index (κ2) is 6.19. The van der Waals surface area contributed by atoms with Crippen molar-refractivity contribution in [1.82, 2.24) is 9.97 Å². The Labute approximate surface area is 93.2 Å². The van der Waals surface area contributed by atoms with Gasteiger partial charge in [-0.1, -0.05) is 23.9 Å². The molecular weight excluding hydrogens is 210 g/mol. The fraction of sp³-hybridized carbons (Fsp3) is 0.300. The summed E-state index contributed by atoms with van der Waals surface area (Å²) >= 11 is 1.28. The standard InChI is InChI=1S/C10H13N3OS/c1-8(14)15-5-3-4-9-6-12-10(11-2)13-7-9/h3-4,6-7H,5H2,1-2H3,(H,11,12,13). The van der Waals surface area contributed by atoms with Crippen molar-refractivity contribution in [3.05, 3.63) is 24.0 Å². The van der Waals surface area contributed by atoms with Gasteiger partial charge in [0.1, 0.15) is 0 Å². The van der Waals surface area contributed by atoms with Gasteiger partial charge in [0.2, 0.25) is 5.95 Å². The normalized spacial score (nSPS) is 10.5. The van der Waals surface area contributed by atoms with Crippen molar-refractivity contribution < 1.29 is 4.79 Å². The zero-order valence-corrected chi connectivity index (χ0v) is 9.54. The molecule has 0 fully saturated rings. The second-order valence-electron chi connectivity index (χ2n) is 2.79. The lowest BCUT2D eigenvalue weighted by atomic mass is 10.3. The lowest BCUT2D eigenvalue weighted by Gasteiger charge is -1.96. The summed E-state index contributed by atoms with van der Waals surface area (Å²) in [5.41, 5.74) is 0.929. The molecule has 5 heteroatoms. The predicted molar refractivity (Wildman–Crippen MR) is 63.8 cm³/mol. The van der Waals surface area contributed by atoms with Crippen LogP contribution >= 0.6 is 11.8 Å². The van der Waals surface area contributed by atoms with E-state index in [0.29, 0.717) is 11.7 Å². The molecule has 1 heterocycles. The number of hydrogen-bond donors (Lipinski definition) is 1. The molecule has 80 valence electrons. The van der Waals surface area contributed by atoms with Crippen LogP contribution in [0.1, 0.15) is 12.5 Å². The number of carbonyl (C=O) groups excluding carboxylic acids is 1. The second-order valence-corrected chi connectivity index (χ2v) is 3.99. The molecule has 0 aliphatic rings. The number of carbonyl (C=O) groups is 1. The molecule has 1 rings (SSSR count). The highest BCUT2D eigenvalue weighted by Crippen LogP contribution is 2.05. The van der Waals surface area contributed by atoms with E-state index in [1.54, 1.807) is 26.4 Å². The Morgan fingerprint density at radius 3 is 2.73 bits per heavy atom. The molecule has 0 aromatic carbocycles. The molecule has 1 N–H and O–H groups in total. The maximum absolute atomic E-state index is 10.6. The van der Waals surface area contributed by atoms with Crippen LogP contribution in [0.25, 0.3) is 6.08 Å². The Balaban J connectivity index is 2.46. The van der Waals surface area contributed by atoms with E-state index in [2.05, 4.69) is 15.3 Å². The first-order valence-electron chi connectivity index (χ1n) is 4.52. The lowest BCUT2D eigenvalue weighted by Crippen LogP contribution is -1.94. The van der Waals surface area contributed by atoms with Crippen LogP contribution < -0.4 is 5.32 Å². The van der Waals surface area contributed by atoms with E-state index < -0.39 is 0 Å². The van der Waals surface area contributed by atoms with E-state index in [1.165, 1.54) is 11.8 Å². The minimum atomic E-state index is 0.126. The van der Waals surface area contributed by atoms with Gasteiger partial charge < -0.3 is 5.32 Å². The maximum atomic E-state index is 10.6. The summed E-state index contributed by atoms with van der Waals surface area (Å²) < 4.78 is 0. The molecule has 4 nitrogen and oxygen atoms in total. The van der Waals surface area contributed by atoms with Crippen LogP contribution in [0, 0.1) is 0 Å². The predicted octanol–water partition coefficient (Wildman–Crippen LogP) is 1.81. The molecule has 0 aliphatic carbocycles. The van der Waals surface area contributed by atoms with Gasteiger partial charge in [-0.15, -0.1) is 0 Å². The average molecular weight is 223 g/mol. The molecule has 1 aromatic rings. The zero-order chi connectivity index (χ0) is 11.1. The van der Waals surface area contributed by atoms with Crippen molar-refractivity contribution in [3.8, 4) is 0 Å². The third-order valence-corrected chi connectivity index (χ3v) is 2.35. The van der Waals surface area contributed by atoms with Crippen molar-refractivity contribution in [2.75, 3.05) is 18.1 Å². The minimum Gasteiger partial charge on any atom is -0.357 e. The number of nitrogens with one attached hydrogen (secondary N) is 1. The number of aromatic nitrogens is 2. The van der Waals surface area contributed by atoms with Gasteiger partial charge in [0.15, 0.2) is 5.12 Å². The van der Waals surface area contributed by atoms with Gasteiger partial charge in [-0.2, -0.15) is 0 Å². The van der Waals surface area contributed by atoms with E-state index in [9.17, 15) is 4.79 Å². The van der Waals surface area contributed by atoms with Crippen LogP contribution in [0.5, 0.6) is 0 Å². The van der Waals surface area contributed by atoms with Crippen molar-refractivity contribution in [2.45, 2.75) is 6.92 Å². The number of thioether (sulfide) groups is 1. The van der Waals surface area contributed by atoms with Gasteiger partial charge >= 0.3 is 0 Å². The van der Waals surface area contributed by atoms with E-state index in [4.69, 9.17) is 0 Å². The van der Waals surface area contributed by atoms with Crippen molar-refractivity contribution in [3.63, 3.8) is 0 Å². The maximum Gasteiger partial charge on any atom is 0.222 e. The first-order chi connectivity index (χ1) is 7.22. The highest BCUT2D eigenvalue weighted by Gasteiger charge is 1.92. The summed E-state index contributed by atoms with van der Waals surface area (Å²) in [5, 5.41) is 2.97.